The van der Waals surface area contributed by atoms with Crippen molar-refractivity contribution in [3.8, 4) is 5.75 Å². The van der Waals surface area contributed by atoms with E-state index in [9.17, 15) is 14.7 Å². The minimum absolute atomic E-state index is 0.0568. The maximum absolute atomic E-state index is 11.9. The number of amides is 1. The number of hydrogen-bond donors (Lipinski definition) is 2. The number of nitrogens with zero attached hydrogens (tertiary/aromatic N) is 1. The summed E-state index contributed by atoms with van der Waals surface area (Å²) in [6.07, 6.45) is 2.85. The van der Waals surface area contributed by atoms with E-state index in [0.29, 0.717) is 22.2 Å². The fraction of sp³-hybridized carbons (Fsp3) is 0.118. The van der Waals surface area contributed by atoms with Gasteiger partial charge in [-0.2, -0.15) is 0 Å². The summed E-state index contributed by atoms with van der Waals surface area (Å²) in [4.78, 5) is 27.5. The van der Waals surface area contributed by atoms with Gasteiger partial charge >= 0.3 is 5.97 Å². The summed E-state index contributed by atoms with van der Waals surface area (Å²) in [6.45, 7) is -0.444. The number of aromatic nitrogens is 1. The van der Waals surface area contributed by atoms with Crippen molar-refractivity contribution < 1.29 is 23.8 Å². The number of pyridine rings is 1. The molecule has 0 aliphatic carbocycles. The third kappa shape index (κ3) is 4.07. The number of carbonyl (C=O) groups is 2. The molecule has 2 aromatic heterocycles. The lowest BCUT2D eigenvalue weighted by atomic mass is 10.1. The first-order valence-corrected chi connectivity index (χ1v) is 7.66. The highest BCUT2D eigenvalue weighted by Gasteiger charge is 2.14. The zero-order chi connectivity index (χ0) is 17.8. The van der Waals surface area contributed by atoms with Crippen LogP contribution in [-0.4, -0.2) is 28.6 Å². The molecular formula is C17H13ClN2O5. The summed E-state index contributed by atoms with van der Waals surface area (Å²) >= 11 is 5.83. The van der Waals surface area contributed by atoms with Crippen molar-refractivity contribution in [2.24, 2.45) is 0 Å². The summed E-state index contributed by atoms with van der Waals surface area (Å²) in [7, 11) is 0. The van der Waals surface area contributed by atoms with Gasteiger partial charge in [0.05, 0.1) is 18.4 Å². The number of furan rings is 1. The lowest BCUT2D eigenvalue weighted by molar-refractivity contribution is -0.146. The first-order valence-electron chi connectivity index (χ1n) is 7.28. The second-order valence-corrected chi connectivity index (χ2v) is 5.53. The molecule has 7 nitrogen and oxygen atoms in total. The number of phenolic OH excluding ortho intramolecular Hbond substituents is 1. The van der Waals surface area contributed by atoms with Gasteiger partial charge in [-0.1, -0.05) is 11.6 Å². The first-order chi connectivity index (χ1) is 12.0. The first kappa shape index (κ1) is 16.8. The van der Waals surface area contributed by atoms with Crippen LogP contribution in [0.3, 0.4) is 0 Å². The van der Waals surface area contributed by atoms with Crippen LogP contribution in [0.2, 0.25) is 5.15 Å². The Morgan fingerprint density at radius 1 is 1.32 bits per heavy atom. The Morgan fingerprint density at radius 2 is 2.16 bits per heavy atom. The molecule has 0 bridgehead atoms. The largest absolute Gasteiger partial charge is 0.508 e. The van der Waals surface area contributed by atoms with Gasteiger partial charge in [-0.25, -0.2) is 4.98 Å². The molecule has 0 aliphatic rings. The fourth-order valence-corrected chi connectivity index (χ4v) is 2.39. The molecule has 0 saturated carbocycles. The molecular weight excluding hydrogens is 348 g/mol. The molecule has 8 heteroatoms. The molecule has 2 heterocycles. The van der Waals surface area contributed by atoms with Crippen LogP contribution in [0.1, 0.15) is 5.56 Å². The van der Waals surface area contributed by atoms with Crippen LogP contribution in [0.5, 0.6) is 5.75 Å². The molecule has 1 aromatic carbocycles. The van der Waals surface area contributed by atoms with Gasteiger partial charge in [0.25, 0.3) is 5.91 Å². The molecule has 3 rings (SSSR count). The Hall–Kier alpha value is -3.06. The SMILES string of the molecule is O=C(COC(=O)Cc1coc2cc(O)ccc12)Nc1cccnc1Cl. The van der Waals surface area contributed by atoms with E-state index in [1.165, 1.54) is 24.6 Å². The quantitative estimate of drug-likeness (QED) is 0.536. The predicted molar refractivity (Wildman–Crippen MR) is 90.4 cm³/mol. The van der Waals surface area contributed by atoms with E-state index in [4.69, 9.17) is 20.8 Å². The number of rotatable bonds is 5. The van der Waals surface area contributed by atoms with E-state index in [0.717, 1.165) is 0 Å². The number of ether oxygens (including phenoxy) is 1. The Kier molecular flexibility index (Phi) is 4.85. The zero-order valence-corrected chi connectivity index (χ0v) is 13.6. The second kappa shape index (κ2) is 7.23. The predicted octanol–water partition coefficient (Wildman–Crippen LogP) is 2.91. The van der Waals surface area contributed by atoms with E-state index in [1.54, 1.807) is 18.2 Å². The van der Waals surface area contributed by atoms with Gasteiger partial charge in [0.2, 0.25) is 0 Å². The molecule has 0 atom stereocenters. The van der Waals surface area contributed by atoms with Gasteiger partial charge in [-0.3, -0.25) is 9.59 Å². The van der Waals surface area contributed by atoms with Crippen LogP contribution < -0.4 is 5.32 Å². The lowest BCUT2D eigenvalue weighted by Crippen LogP contribution is -2.21. The number of benzene rings is 1. The number of esters is 1. The van der Waals surface area contributed by atoms with Crippen molar-refractivity contribution in [1.29, 1.82) is 0 Å². The van der Waals surface area contributed by atoms with E-state index in [-0.39, 0.29) is 17.3 Å². The highest BCUT2D eigenvalue weighted by molar-refractivity contribution is 6.32. The van der Waals surface area contributed by atoms with Gasteiger partial charge in [0.1, 0.15) is 11.3 Å². The van der Waals surface area contributed by atoms with Crippen molar-refractivity contribution in [1.82, 2.24) is 4.98 Å². The number of hydrogen-bond acceptors (Lipinski definition) is 6. The third-order valence-corrected chi connectivity index (χ3v) is 3.67. The minimum atomic E-state index is -0.580. The Morgan fingerprint density at radius 3 is 2.96 bits per heavy atom. The number of carbonyl (C=O) groups excluding carboxylic acids is 2. The summed E-state index contributed by atoms with van der Waals surface area (Å²) < 4.78 is 10.2. The van der Waals surface area contributed by atoms with E-state index in [1.807, 2.05) is 0 Å². The van der Waals surface area contributed by atoms with Crippen molar-refractivity contribution in [2.45, 2.75) is 6.42 Å². The van der Waals surface area contributed by atoms with Gasteiger partial charge in [-0.05, 0) is 24.3 Å². The zero-order valence-electron chi connectivity index (χ0n) is 12.9. The number of fused-ring (bicyclic) bond motifs is 1. The minimum Gasteiger partial charge on any atom is -0.508 e. The van der Waals surface area contributed by atoms with Crippen LogP contribution in [0.25, 0.3) is 11.0 Å². The van der Waals surface area contributed by atoms with Crippen LogP contribution in [0, 0.1) is 0 Å². The normalized spacial score (nSPS) is 10.6. The van der Waals surface area contributed by atoms with Crippen molar-refractivity contribution in [3.05, 3.63) is 53.5 Å². The Bertz CT molecular complexity index is 938. The molecule has 0 aliphatic heterocycles. The standard InChI is InChI=1S/C17H13ClN2O5/c18-17-13(2-1-5-19-17)20-15(22)9-25-16(23)6-10-8-24-14-7-11(21)3-4-12(10)14/h1-5,7-8,21H,6,9H2,(H,20,22). The molecule has 0 radical (unpaired) electrons. The summed E-state index contributed by atoms with van der Waals surface area (Å²) in [6, 6.07) is 7.80. The average Bonchev–Trinajstić information content (AvgIpc) is 2.97. The number of aromatic hydroxyl groups is 1. The maximum Gasteiger partial charge on any atom is 0.310 e. The maximum atomic E-state index is 11.9. The molecule has 2 N–H and O–H groups in total. The highest BCUT2D eigenvalue weighted by atomic mass is 35.5. The van der Waals surface area contributed by atoms with Crippen LogP contribution in [0.4, 0.5) is 5.69 Å². The van der Waals surface area contributed by atoms with Crippen LogP contribution in [0.15, 0.2) is 47.2 Å². The molecule has 128 valence electrons. The van der Waals surface area contributed by atoms with Gasteiger partial charge in [0, 0.05) is 23.2 Å². The van der Waals surface area contributed by atoms with E-state index < -0.39 is 18.5 Å². The monoisotopic (exact) mass is 360 g/mol. The molecule has 0 unspecified atom stereocenters. The number of anilines is 1. The molecule has 1 amide bonds. The molecule has 3 aromatic rings. The number of phenols is 1. The highest BCUT2D eigenvalue weighted by Crippen LogP contribution is 2.25. The van der Waals surface area contributed by atoms with Crippen molar-refractivity contribution in [3.63, 3.8) is 0 Å². The summed E-state index contributed by atoms with van der Waals surface area (Å²) in [5.74, 6) is -1.03. The van der Waals surface area contributed by atoms with E-state index in [2.05, 4.69) is 10.3 Å². The van der Waals surface area contributed by atoms with E-state index >= 15 is 0 Å². The molecule has 0 spiro atoms. The van der Waals surface area contributed by atoms with Crippen molar-refractivity contribution >= 4 is 40.1 Å². The summed E-state index contributed by atoms with van der Waals surface area (Å²) in [5.41, 5.74) is 1.41. The Labute approximate surface area is 147 Å². The van der Waals surface area contributed by atoms with Crippen LogP contribution >= 0.6 is 11.6 Å². The third-order valence-electron chi connectivity index (χ3n) is 3.37. The fourth-order valence-electron chi connectivity index (χ4n) is 2.23. The number of nitrogens with one attached hydrogen (secondary N) is 1. The number of halogens is 1. The van der Waals surface area contributed by atoms with Gasteiger partial charge < -0.3 is 19.6 Å². The molecule has 0 saturated heterocycles. The van der Waals surface area contributed by atoms with Crippen LogP contribution in [-0.2, 0) is 20.7 Å². The smallest absolute Gasteiger partial charge is 0.310 e. The lowest BCUT2D eigenvalue weighted by Gasteiger charge is -2.07. The molecule has 0 fully saturated rings. The summed E-state index contributed by atoms with van der Waals surface area (Å²) in [5, 5.41) is 12.7. The average molecular weight is 361 g/mol. The Balaban J connectivity index is 1.55. The topological polar surface area (TPSA) is 102 Å². The van der Waals surface area contributed by atoms with Gasteiger partial charge in [-0.15, -0.1) is 0 Å². The molecule has 25 heavy (non-hydrogen) atoms. The second-order valence-electron chi connectivity index (χ2n) is 5.17. The van der Waals surface area contributed by atoms with Crippen molar-refractivity contribution in [2.75, 3.05) is 11.9 Å². The van der Waals surface area contributed by atoms with Gasteiger partial charge in [0.15, 0.2) is 11.8 Å².